The monoisotopic (exact) mass is 278 g/mol. The molecule has 4 heteroatoms. The number of ether oxygens (including phenoxy) is 1. The van der Waals surface area contributed by atoms with Crippen molar-refractivity contribution >= 4 is 11.6 Å². The molecule has 0 radical (unpaired) electrons. The van der Waals surface area contributed by atoms with Crippen molar-refractivity contribution in [3.63, 3.8) is 0 Å². The van der Waals surface area contributed by atoms with Crippen molar-refractivity contribution in [3.8, 4) is 5.75 Å². The van der Waals surface area contributed by atoms with Crippen LogP contribution in [0.15, 0.2) is 18.2 Å². The maximum absolute atomic E-state index is 11.9. The number of carbonyl (C=O) groups excluding carboxylic acids is 1. The smallest absolute Gasteiger partial charge is 0.222 e. The van der Waals surface area contributed by atoms with Crippen LogP contribution in [0.3, 0.4) is 0 Å². The van der Waals surface area contributed by atoms with Gasteiger partial charge in [-0.15, -0.1) is 0 Å². The van der Waals surface area contributed by atoms with Gasteiger partial charge in [0.05, 0.1) is 11.8 Å². The van der Waals surface area contributed by atoms with Gasteiger partial charge in [-0.1, -0.05) is 6.07 Å². The van der Waals surface area contributed by atoms with Gasteiger partial charge in [0.25, 0.3) is 0 Å². The number of nitrogen functional groups attached to an aromatic ring is 1. The highest BCUT2D eigenvalue weighted by atomic mass is 16.5. The Bertz CT molecular complexity index is 440. The van der Waals surface area contributed by atoms with Crippen LogP contribution in [0.4, 0.5) is 5.69 Å². The highest BCUT2D eigenvalue weighted by Crippen LogP contribution is 2.24. The van der Waals surface area contributed by atoms with Gasteiger partial charge in [0.15, 0.2) is 0 Å². The van der Waals surface area contributed by atoms with Crippen molar-refractivity contribution in [1.82, 2.24) is 4.90 Å². The predicted octanol–water partition coefficient (Wildman–Crippen LogP) is 2.86. The number of anilines is 1. The fourth-order valence-corrected chi connectivity index (χ4v) is 2.10. The summed E-state index contributed by atoms with van der Waals surface area (Å²) in [5, 5.41) is 0. The summed E-state index contributed by atoms with van der Waals surface area (Å²) in [5.74, 6) is 0.898. The lowest BCUT2D eigenvalue weighted by Crippen LogP contribution is -2.30. The Morgan fingerprint density at radius 3 is 2.45 bits per heavy atom. The van der Waals surface area contributed by atoms with Gasteiger partial charge in [-0.25, -0.2) is 0 Å². The van der Waals surface area contributed by atoms with E-state index in [1.54, 1.807) is 0 Å². The molecule has 2 N–H and O–H groups in total. The van der Waals surface area contributed by atoms with Gasteiger partial charge in [-0.2, -0.15) is 0 Å². The van der Waals surface area contributed by atoms with E-state index in [1.165, 1.54) is 0 Å². The highest BCUT2D eigenvalue weighted by molar-refractivity contribution is 5.76. The van der Waals surface area contributed by atoms with Crippen molar-refractivity contribution in [1.29, 1.82) is 0 Å². The molecular weight excluding hydrogens is 252 g/mol. The number of nitrogens with two attached hydrogens (primary N) is 1. The number of rotatable bonds is 7. The van der Waals surface area contributed by atoms with E-state index in [0.29, 0.717) is 24.3 Å². The molecule has 1 aromatic rings. The lowest BCUT2D eigenvalue weighted by molar-refractivity contribution is -0.130. The maximum Gasteiger partial charge on any atom is 0.222 e. The number of benzene rings is 1. The van der Waals surface area contributed by atoms with E-state index in [9.17, 15) is 4.79 Å². The maximum atomic E-state index is 11.9. The molecule has 0 aromatic heterocycles. The summed E-state index contributed by atoms with van der Waals surface area (Å²) < 4.78 is 5.60. The third-order valence-corrected chi connectivity index (χ3v) is 3.18. The third-order valence-electron chi connectivity index (χ3n) is 3.18. The average molecular weight is 278 g/mol. The molecule has 20 heavy (non-hydrogen) atoms. The molecule has 0 aliphatic heterocycles. The van der Waals surface area contributed by atoms with E-state index in [-0.39, 0.29) is 12.0 Å². The second-order valence-corrected chi connectivity index (χ2v) is 5.10. The summed E-state index contributed by atoms with van der Waals surface area (Å²) in [6, 6.07) is 5.75. The molecule has 1 amide bonds. The summed E-state index contributed by atoms with van der Waals surface area (Å²) in [7, 11) is 0. The Labute approximate surface area is 121 Å². The summed E-state index contributed by atoms with van der Waals surface area (Å²) in [6.07, 6.45) is 1.33. The fraction of sp³-hybridized carbons (Fsp3) is 0.562. The Hall–Kier alpha value is -1.71. The van der Waals surface area contributed by atoms with Crippen LogP contribution < -0.4 is 10.5 Å². The van der Waals surface area contributed by atoms with Crippen LogP contribution >= 0.6 is 0 Å². The van der Waals surface area contributed by atoms with E-state index in [0.717, 1.165) is 18.7 Å². The van der Waals surface area contributed by atoms with Gasteiger partial charge in [-0.3, -0.25) is 4.79 Å². The molecular formula is C16H26N2O2. The molecule has 0 spiro atoms. The van der Waals surface area contributed by atoms with Crippen LogP contribution in [0.25, 0.3) is 0 Å². The number of aryl methyl sites for hydroxylation is 1. The summed E-state index contributed by atoms with van der Waals surface area (Å²) >= 11 is 0. The molecule has 0 heterocycles. The molecule has 0 saturated carbocycles. The molecule has 0 atom stereocenters. The molecule has 4 nitrogen and oxygen atoms in total. The molecule has 0 unspecified atom stereocenters. The minimum Gasteiger partial charge on any atom is -0.489 e. The van der Waals surface area contributed by atoms with Crippen molar-refractivity contribution in [3.05, 3.63) is 23.8 Å². The number of hydrogen-bond donors (Lipinski definition) is 1. The second kappa shape index (κ2) is 7.78. The van der Waals surface area contributed by atoms with Gasteiger partial charge >= 0.3 is 0 Å². The molecule has 112 valence electrons. The van der Waals surface area contributed by atoms with Crippen LogP contribution in [0.2, 0.25) is 0 Å². The van der Waals surface area contributed by atoms with Crippen LogP contribution in [0, 0.1) is 0 Å². The molecule has 1 rings (SSSR count). The standard InChI is InChI=1S/C16H26N2O2/c1-5-18(6-2)16(19)10-8-13-7-9-15(14(17)11-13)20-12(3)4/h7,9,11-12H,5-6,8,10,17H2,1-4H3. The van der Waals surface area contributed by atoms with Gasteiger partial charge in [0, 0.05) is 19.5 Å². The molecule has 0 saturated heterocycles. The second-order valence-electron chi connectivity index (χ2n) is 5.10. The minimum atomic E-state index is 0.104. The van der Waals surface area contributed by atoms with Crippen LogP contribution in [0.5, 0.6) is 5.75 Å². The molecule has 0 aliphatic rings. The van der Waals surface area contributed by atoms with Crippen LogP contribution in [0.1, 0.15) is 39.7 Å². The van der Waals surface area contributed by atoms with Crippen molar-refractivity contribution in [2.24, 2.45) is 0 Å². The Morgan fingerprint density at radius 2 is 1.95 bits per heavy atom. The van der Waals surface area contributed by atoms with Crippen molar-refractivity contribution in [2.75, 3.05) is 18.8 Å². The van der Waals surface area contributed by atoms with Crippen LogP contribution in [-0.4, -0.2) is 30.0 Å². The zero-order valence-electron chi connectivity index (χ0n) is 13.0. The number of amides is 1. The van der Waals surface area contributed by atoms with E-state index >= 15 is 0 Å². The molecule has 0 bridgehead atoms. The fourth-order valence-electron chi connectivity index (χ4n) is 2.10. The van der Waals surface area contributed by atoms with Crippen LogP contribution in [-0.2, 0) is 11.2 Å². The quantitative estimate of drug-likeness (QED) is 0.780. The molecule has 0 aliphatic carbocycles. The van der Waals surface area contributed by atoms with Gasteiger partial charge < -0.3 is 15.4 Å². The normalized spacial score (nSPS) is 10.7. The van der Waals surface area contributed by atoms with Crippen molar-refractivity contribution < 1.29 is 9.53 Å². The van der Waals surface area contributed by atoms with E-state index in [2.05, 4.69) is 0 Å². The van der Waals surface area contributed by atoms with Gasteiger partial charge in [0.1, 0.15) is 5.75 Å². The zero-order valence-corrected chi connectivity index (χ0v) is 13.0. The first-order chi connectivity index (χ1) is 9.47. The van der Waals surface area contributed by atoms with Crippen molar-refractivity contribution in [2.45, 2.75) is 46.6 Å². The SMILES string of the molecule is CCN(CC)C(=O)CCc1ccc(OC(C)C)c(N)c1. The summed E-state index contributed by atoms with van der Waals surface area (Å²) in [4.78, 5) is 13.8. The summed E-state index contributed by atoms with van der Waals surface area (Å²) in [6.45, 7) is 9.46. The number of nitrogens with zero attached hydrogens (tertiary/aromatic N) is 1. The Morgan fingerprint density at radius 1 is 1.30 bits per heavy atom. The number of hydrogen-bond acceptors (Lipinski definition) is 3. The topological polar surface area (TPSA) is 55.6 Å². The average Bonchev–Trinajstić information content (AvgIpc) is 2.40. The minimum absolute atomic E-state index is 0.104. The molecule has 1 aromatic carbocycles. The first kappa shape index (κ1) is 16.3. The first-order valence-corrected chi connectivity index (χ1v) is 7.30. The van der Waals surface area contributed by atoms with E-state index < -0.39 is 0 Å². The zero-order chi connectivity index (χ0) is 15.1. The highest BCUT2D eigenvalue weighted by Gasteiger charge is 2.10. The van der Waals surface area contributed by atoms with Gasteiger partial charge in [-0.05, 0) is 51.8 Å². The lowest BCUT2D eigenvalue weighted by atomic mass is 10.1. The number of carbonyl (C=O) groups is 1. The largest absolute Gasteiger partial charge is 0.489 e. The molecule has 0 fully saturated rings. The lowest BCUT2D eigenvalue weighted by Gasteiger charge is -2.18. The van der Waals surface area contributed by atoms with Gasteiger partial charge in [0.2, 0.25) is 5.91 Å². The predicted molar refractivity (Wildman–Crippen MR) is 82.9 cm³/mol. The van der Waals surface area contributed by atoms with E-state index in [4.69, 9.17) is 10.5 Å². The summed E-state index contributed by atoms with van der Waals surface area (Å²) in [5.41, 5.74) is 7.67. The van der Waals surface area contributed by atoms with E-state index in [1.807, 2.05) is 50.8 Å². The third kappa shape index (κ3) is 4.76. The Balaban J connectivity index is 2.61. The Kier molecular flexibility index (Phi) is 6.36. The first-order valence-electron chi connectivity index (χ1n) is 7.30.